The number of ether oxygens (including phenoxy) is 2. The van der Waals surface area contributed by atoms with Crippen LogP contribution in [0.3, 0.4) is 0 Å². The molecule has 0 aromatic heterocycles. The first-order valence-electron chi connectivity index (χ1n) is 14.6. The molecule has 4 fully saturated rings. The van der Waals surface area contributed by atoms with Crippen LogP contribution in [0.4, 0.5) is 9.59 Å². The van der Waals surface area contributed by atoms with Crippen molar-refractivity contribution in [2.24, 2.45) is 39.1 Å². The van der Waals surface area contributed by atoms with E-state index in [1.165, 1.54) is 4.31 Å². The first-order chi connectivity index (χ1) is 19.1. The quantitative estimate of drug-likeness (QED) is 0.387. The molecule has 2 amide bonds. The number of hydrogen-bond donors (Lipinski definition) is 3. The van der Waals surface area contributed by atoms with Gasteiger partial charge in [-0.2, -0.15) is 12.7 Å². The molecule has 0 unspecified atom stereocenters. The first kappa shape index (κ1) is 31.9. The summed E-state index contributed by atoms with van der Waals surface area (Å²) in [5.41, 5.74) is -1.86. The van der Waals surface area contributed by atoms with E-state index in [0.29, 0.717) is 32.5 Å². The number of hydrogen-bond acceptors (Lipinski definition) is 9. The van der Waals surface area contributed by atoms with E-state index in [0.717, 1.165) is 12.8 Å². The number of nitrogens with one attached hydrogen (secondary N) is 1. The molecule has 1 aliphatic heterocycles. The summed E-state index contributed by atoms with van der Waals surface area (Å²) < 4.78 is 35.3. The Hall–Kier alpha value is -2.06. The van der Waals surface area contributed by atoms with Crippen molar-refractivity contribution < 1.29 is 37.4 Å². The average Bonchev–Trinajstić information content (AvgIpc) is 3.26. The van der Waals surface area contributed by atoms with Crippen molar-refractivity contribution in [2.45, 2.75) is 72.0 Å². The number of nitrogens with two attached hydrogens (primary N) is 1. The summed E-state index contributed by atoms with van der Waals surface area (Å²) in [6, 6.07) is 0. The molecule has 3 aliphatic carbocycles. The highest BCUT2D eigenvalue weighted by Gasteiger charge is 2.68. The lowest BCUT2D eigenvalue weighted by Crippen LogP contribution is -2.63. The van der Waals surface area contributed by atoms with Gasteiger partial charge in [0.25, 0.3) is 10.2 Å². The largest absolute Gasteiger partial charge is 0.448 e. The molecule has 232 valence electrons. The molecule has 4 aliphatic rings. The van der Waals surface area contributed by atoms with Crippen molar-refractivity contribution in [3.05, 3.63) is 12.7 Å². The van der Waals surface area contributed by atoms with E-state index in [-0.39, 0.29) is 55.1 Å². The maximum atomic E-state index is 13.5. The summed E-state index contributed by atoms with van der Waals surface area (Å²) in [6.45, 7) is 13.8. The Labute approximate surface area is 243 Å². The summed E-state index contributed by atoms with van der Waals surface area (Å²) in [5, 5.41) is 18.9. The van der Waals surface area contributed by atoms with Gasteiger partial charge in [-0.15, -0.1) is 6.58 Å². The van der Waals surface area contributed by atoms with Crippen molar-refractivity contribution in [1.29, 1.82) is 0 Å². The standard InChI is InChI=1S/C28H46N4O8S/c1-6-26(4)17-21(27(5)18(2)7-9-28(19(3)23(26)34)10-8-20(33)22(27)28)40-25(36)30-24(35)39-16-15-31-11-13-32(14-12-31)41(29,37)38/h6,18-19,21-23,34H,1,7-17H2,2-5H3,(H2,29,37,38)(H,30,35,36)/t18-,19+,21-,22+,23+,26-,27+,28+/m1/s1. The lowest BCUT2D eigenvalue weighted by molar-refractivity contribution is -0.191. The van der Waals surface area contributed by atoms with Crippen LogP contribution in [0.25, 0.3) is 0 Å². The zero-order chi connectivity index (χ0) is 30.4. The van der Waals surface area contributed by atoms with Gasteiger partial charge < -0.3 is 14.6 Å². The normalized spacial score (nSPS) is 40.1. The molecule has 13 heteroatoms. The molecule has 0 aromatic carbocycles. The van der Waals surface area contributed by atoms with E-state index in [2.05, 4.69) is 18.8 Å². The number of nitrogens with zero attached hydrogens (tertiary/aromatic N) is 2. The highest BCUT2D eigenvalue weighted by molar-refractivity contribution is 7.86. The van der Waals surface area contributed by atoms with Gasteiger partial charge in [0, 0.05) is 55.9 Å². The molecule has 0 aromatic rings. The van der Waals surface area contributed by atoms with Crippen LogP contribution in [0.5, 0.6) is 0 Å². The minimum atomic E-state index is -3.73. The molecule has 2 bridgehead atoms. The van der Waals surface area contributed by atoms with Gasteiger partial charge in [-0.1, -0.05) is 33.8 Å². The van der Waals surface area contributed by atoms with Crippen LogP contribution in [0.15, 0.2) is 12.7 Å². The predicted molar refractivity (Wildman–Crippen MR) is 151 cm³/mol. The zero-order valence-corrected chi connectivity index (χ0v) is 25.5. The molecule has 4 rings (SSSR count). The Kier molecular flexibility index (Phi) is 8.98. The lowest BCUT2D eigenvalue weighted by atomic mass is 9.44. The molecule has 41 heavy (non-hydrogen) atoms. The number of piperazine rings is 1. The van der Waals surface area contributed by atoms with Crippen LogP contribution in [-0.4, -0.2) is 92.2 Å². The van der Waals surface area contributed by atoms with Gasteiger partial charge in [-0.3, -0.25) is 9.69 Å². The van der Waals surface area contributed by atoms with Gasteiger partial charge in [-0.05, 0) is 42.9 Å². The summed E-state index contributed by atoms with van der Waals surface area (Å²) in [7, 11) is -3.73. The Balaban J connectivity index is 1.43. The first-order valence-corrected chi connectivity index (χ1v) is 16.1. The molecule has 4 N–H and O–H groups in total. The Morgan fingerprint density at radius 1 is 1.17 bits per heavy atom. The molecular weight excluding hydrogens is 552 g/mol. The van der Waals surface area contributed by atoms with Gasteiger partial charge in [0.05, 0.1) is 6.10 Å². The monoisotopic (exact) mass is 598 g/mol. The number of carbonyl (C=O) groups is 3. The second-order valence-electron chi connectivity index (χ2n) is 13.0. The Morgan fingerprint density at radius 2 is 1.83 bits per heavy atom. The topological polar surface area (TPSA) is 169 Å². The van der Waals surface area contributed by atoms with E-state index >= 15 is 0 Å². The van der Waals surface area contributed by atoms with E-state index in [4.69, 9.17) is 14.6 Å². The van der Waals surface area contributed by atoms with E-state index < -0.39 is 45.4 Å². The molecular formula is C28H46N4O8S. The van der Waals surface area contributed by atoms with Crippen molar-refractivity contribution in [1.82, 2.24) is 14.5 Å². The minimum Gasteiger partial charge on any atom is -0.448 e. The zero-order valence-electron chi connectivity index (χ0n) is 24.6. The number of Topliss-reactive ketones (excluding diaryl/α,β-unsaturated/α-hetero) is 1. The van der Waals surface area contributed by atoms with Crippen LogP contribution in [0.1, 0.15) is 59.8 Å². The van der Waals surface area contributed by atoms with Crippen LogP contribution >= 0.6 is 0 Å². The van der Waals surface area contributed by atoms with Gasteiger partial charge in [-0.25, -0.2) is 20.0 Å². The highest BCUT2D eigenvalue weighted by Crippen LogP contribution is 2.67. The van der Waals surface area contributed by atoms with Crippen LogP contribution in [-0.2, 0) is 24.5 Å². The fourth-order valence-electron chi connectivity index (χ4n) is 8.25. The van der Waals surface area contributed by atoms with Crippen LogP contribution < -0.4 is 10.5 Å². The number of aliphatic hydroxyl groups excluding tert-OH is 1. The van der Waals surface area contributed by atoms with Gasteiger partial charge in [0.15, 0.2) is 0 Å². The summed E-state index contributed by atoms with van der Waals surface area (Å²) in [5.74, 6) is -0.282. The number of alkyl carbamates (subject to hydrolysis) is 2. The van der Waals surface area contributed by atoms with Crippen LogP contribution in [0.2, 0.25) is 0 Å². The third-order valence-corrected chi connectivity index (χ3v) is 12.2. The predicted octanol–water partition coefficient (Wildman–Crippen LogP) is 2.03. The fraction of sp³-hybridized carbons (Fsp3) is 0.821. The molecule has 0 radical (unpaired) electrons. The van der Waals surface area contributed by atoms with E-state index in [1.54, 1.807) is 6.08 Å². The van der Waals surface area contributed by atoms with E-state index in [1.807, 2.05) is 25.7 Å². The number of ketones is 1. The maximum absolute atomic E-state index is 13.5. The lowest BCUT2D eigenvalue weighted by Gasteiger charge is -2.61. The van der Waals surface area contributed by atoms with Crippen molar-refractivity contribution in [3.63, 3.8) is 0 Å². The molecule has 0 spiro atoms. The number of imide groups is 1. The number of amides is 2. The maximum Gasteiger partial charge on any atom is 0.416 e. The van der Waals surface area contributed by atoms with E-state index in [9.17, 15) is 27.9 Å². The van der Waals surface area contributed by atoms with Crippen LogP contribution in [0, 0.1) is 34.0 Å². The van der Waals surface area contributed by atoms with Crippen molar-refractivity contribution >= 4 is 28.2 Å². The third-order valence-electron chi connectivity index (χ3n) is 11.1. The second-order valence-corrected chi connectivity index (χ2v) is 14.6. The molecule has 1 saturated heterocycles. The van der Waals surface area contributed by atoms with Crippen molar-refractivity contribution in [2.75, 3.05) is 39.3 Å². The molecule has 8 atom stereocenters. The molecule has 12 nitrogen and oxygen atoms in total. The second kappa shape index (κ2) is 11.6. The minimum absolute atomic E-state index is 0.00955. The summed E-state index contributed by atoms with van der Waals surface area (Å²) in [4.78, 5) is 40.9. The molecule has 1 heterocycles. The van der Waals surface area contributed by atoms with Gasteiger partial charge in [0.2, 0.25) is 0 Å². The number of rotatable bonds is 6. The smallest absolute Gasteiger partial charge is 0.416 e. The highest BCUT2D eigenvalue weighted by atomic mass is 32.2. The van der Waals surface area contributed by atoms with Gasteiger partial charge in [0.1, 0.15) is 18.5 Å². The number of carbonyl (C=O) groups excluding carboxylic acids is 3. The van der Waals surface area contributed by atoms with Gasteiger partial charge >= 0.3 is 12.2 Å². The average molecular weight is 599 g/mol. The number of aliphatic hydroxyl groups is 1. The Bertz CT molecular complexity index is 1160. The third kappa shape index (κ3) is 5.80. The Morgan fingerprint density at radius 3 is 2.44 bits per heavy atom. The molecule has 3 saturated carbocycles. The summed E-state index contributed by atoms with van der Waals surface area (Å²) >= 11 is 0. The summed E-state index contributed by atoms with van der Waals surface area (Å²) in [6.07, 6.45) is 1.33. The fourth-order valence-corrected chi connectivity index (χ4v) is 8.93. The SMILES string of the molecule is C=C[C@]1(C)C[C@@H](OC(=O)NC(=O)OCCN2CCN(S(N)(=O)=O)CC2)[C@]2(C)[C@H](C)CC[C@]3(CCC(=O)[C@H]32)[C@@H](C)[C@@H]1O. The van der Waals surface area contributed by atoms with Crippen molar-refractivity contribution in [3.8, 4) is 0 Å².